The van der Waals surface area contributed by atoms with Gasteiger partial charge in [-0.05, 0) is 38.6 Å². The van der Waals surface area contributed by atoms with Gasteiger partial charge in [0.1, 0.15) is 5.54 Å². The summed E-state index contributed by atoms with van der Waals surface area (Å²) in [5.74, 6) is 0.621. The monoisotopic (exact) mass is 251 g/mol. The Kier molecular flexibility index (Phi) is 4.26. The largest absolute Gasteiger partial charge is 0.380 e. The summed E-state index contributed by atoms with van der Waals surface area (Å²) in [6.07, 6.45) is 3.90. The molecule has 1 N–H and O–H groups in total. The number of ether oxygens (including phenoxy) is 1. The Labute approximate surface area is 110 Å². The van der Waals surface area contributed by atoms with E-state index in [9.17, 15) is 5.26 Å². The van der Waals surface area contributed by atoms with Gasteiger partial charge in [-0.15, -0.1) is 0 Å². The highest BCUT2D eigenvalue weighted by atomic mass is 16.5. The van der Waals surface area contributed by atoms with Crippen LogP contribution in [0, 0.1) is 17.2 Å². The van der Waals surface area contributed by atoms with Crippen LogP contribution in [0.2, 0.25) is 0 Å². The Morgan fingerprint density at radius 1 is 1.44 bits per heavy atom. The molecule has 0 aromatic rings. The highest BCUT2D eigenvalue weighted by molar-refractivity contribution is 5.09. The molecule has 3 atom stereocenters. The summed E-state index contributed by atoms with van der Waals surface area (Å²) < 4.78 is 5.53. The maximum absolute atomic E-state index is 9.40. The quantitative estimate of drug-likeness (QED) is 0.802. The fourth-order valence-corrected chi connectivity index (χ4v) is 2.79. The number of rotatable bonds is 5. The molecule has 3 unspecified atom stereocenters. The summed E-state index contributed by atoms with van der Waals surface area (Å²) in [7, 11) is 1.79. The molecule has 1 aliphatic heterocycles. The first-order valence-corrected chi connectivity index (χ1v) is 7.00. The van der Waals surface area contributed by atoms with Gasteiger partial charge < -0.3 is 4.74 Å². The van der Waals surface area contributed by atoms with Crippen molar-refractivity contribution < 1.29 is 4.74 Å². The summed E-state index contributed by atoms with van der Waals surface area (Å²) in [5, 5.41) is 12.9. The third-order valence-corrected chi connectivity index (χ3v) is 4.16. The highest BCUT2D eigenvalue weighted by Crippen LogP contribution is 2.25. The predicted octanol–water partition coefficient (Wildman–Crippen LogP) is 1.38. The number of nitriles is 1. The van der Waals surface area contributed by atoms with Crippen molar-refractivity contribution >= 4 is 0 Å². The zero-order valence-corrected chi connectivity index (χ0v) is 11.8. The Morgan fingerprint density at radius 2 is 2.17 bits per heavy atom. The molecule has 4 nitrogen and oxygen atoms in total. The lowest BCUT2D eigenvalue weighted by atomic mass is 9.94. The lowest BCUT2D eigenvalue weighted by Crippen LogP contribution is -2.55. The Balaban J connectivity index is 1.89. The first kappa shape index (κ1) is 13.8. The first-order valence-electron chi connectivity index (χ1n) is 7.00. The molecule has 2 aliphatic rings. The van der Waals surface area contributed by atoms with Crippen LogP contribution in [0.5, 0.6) is 0 Å². The van der Waals surface area contributed by atoms with E-state index in [0.29, 0.717) is 18.1 Å². The molecular formula is C14H25N3O. The fourth-order valence-electron chi connectivity index (χ4n) is 2.79. The maximum Gasteiger partial charge on any atom is 0.116 e. The van der Waals surface area contributed by atoms with E-state index in [0.717, 1.165) is 26.1 Å². The second kappa shape index (κ2) is 5.56. The Hall–Kier alpha value is -0.630. The van der Waals surface area contributed by atoms with E-state index in [-0.39, 0.29) is 0 Å². The maximum atomic E-state index is 9.40. The smallest absolute Gasteiger partial charge is 0.116 e. The van der Waals surface area contributed by atoms with E-state index in [1.54, 1.807) is 7.11 Å². The van der Waals surface area contributed by atoms with Crippen molar-refractivity contribution in [3.63, 3.8) is 0 Å². The molecular weight excluding hydrogens is 226 g/mol. The molecule has 0 amide bonds. The molecule has 2 rings (SSSR count). The predicted molar refractivity (Wildman–Crippen MR) is 71.2 cm³/mol. The van der Waals surface area contributed by atoms with Crippen LogP contribution in [-0.4, -0.2) is 49.3 Å². The molecule has 1 aliphatic carbocycles. The van der Waals surface area contributed by atoms with Crippen LogP contribution in [0.4, 0.5) is 0 Å². The van der Waals surface area contributed by atoms with Crippen molar-refractivity contribution in [2.45, 2.75) is 50.8 Å². The lowest BCUT2D eigenvalue weighted by Gasteiger charge is -2.39. The summed E-state index contributed by atoms with van der Waals surface area (Å²) in [6.45, 7) is 7.08. The van der Waals surface area contributed by atoms with Crippen LogP contribution < -0.4 is 5.32 Å². The van der Waals surface area contributed by atoms with Gasteiger partial charge in [0, 0.05) is 26.2 Å². The molecule has 18 heavy (non-hydrogen) atoms. The fraction of sp³-hybridized carbons (Fsp3) is 0.929. The van der Waals surface area contributed by atoms with E-state index in [1.807, 2.05) is 6.92 Å². The van der Waals surface area contributed by atoms with E-state index < -0.39 is 5.54 Å². The number of hydrogen-bond donors (Lipinski definition) is 1. The third-order valence-electron chi connectivity index (χ3n) is 4.16. The van der Waals surface area contributed by atoms with Crippen LogP contribution in [0.25, 0.3) is 0 Å². The summed E-state index contributed by atoms with van der Waals surface area (Å²) >= 11 is 0. The van der Waals surface area contributed by atoms with Crippen molar-refractivity contribution in [1.82, 2.24) is 10.2 Å². The molecule has 0 aromatic carbocycles. The molecule has 1 saturated carbocycles. The molecule has 0 spiro atoms. The molecule has 2 fully saturated rings. The summed E-state index contributed by atoms with van der Waals surface area (Å²) in [5.41, 5.74) is -0.417. The van der Waals surface area contributed by atoms with Gasteiger partial charge in [0.2, 0.25) is 0 Å². The van der Waals surface area contributed by atoms with Crippen LogP contribution in [0.15, 0.2) is 0 Å². The van der Waals surface area contributed by atoms with Crippen molar-refractivity contribution in [3.8, 4) is 6.07 Å². The summed E-state index contributed by atoms with van der Waals surface area (Å²) in [6, 6.07) is 3.01. The average Bonchev–Trinajstić information content (AvgIpc) is 3.15. The SMILES string of the molecule is COC1CN(CC(C)(C#N)NC2CC2)CCC1C. The molecule has 0 aromatic heterocycles. The van der Waals surface area contributed by atoms with Crippen LogP contribution in [0.3, 0.4) is 0 Å². The zero-order valence-electron chi connectivity index (χ0n) is 11.8. The van der Waals surface area contributed by atoms with Gasteiger partial charge >= 0.3 is 0 Å². The number of nitrogens with one attached hydrogen (secondary N) is 1. The van der Waals surface area contributed by atoms with E-state index in [4.69, 9.17) is 4.74 Å². The minimum absolute atomic E-state index is 0.308. The molecule has 102 valence electrons. The second-order valence-corrected chi connectivity index (χ2v) is 6.14. The number of nitrogens with zero attached hydrogens (tertiary/aromatic N) is 2. The van der Waals surface area contributed by atoms with Crippen LogP contribution >= 0.6 is 0 Å². The molecule has 1 saturated heterocycles. The van der Waals surface area contributed by atoms with Crippen molar-refractivity contribution in [1.29, 1.82) is 5.26 Å². The zero-order chi connectivity index (χ0) is 13.2. The number of methoxy groups -OCH3 is 1. The van der Waals surface area contributed by atoms with Gasteiger partial charge in [-0.1, -0.05) is 6.92 Å². The van der Waals surface area contributed by atoms with Gasteiger partial charge in [-0.2, -0.15) is 5.26 Å². The molecule has 4 heteroatoms. The van der Waals surface area contributed by atoms with Crippen molar-refractivity contribution in [2.75, 3.05) is 26.7 Å². The van der Waals surface area contributed by atoms with Crippen LogP contribution in [-0.2, 0) is 4.74 Å². The van der Waals surface area contributed by atoms with Crippen LogP contribution in [0.1, 0.15) is 33.1 Å². The van der Waals surface area contributed by atoms with Gasteiger partial charge in [-0.25, -0.2) is 0 Å². The summed E-state index contributed by atoms with van der Waals surface area (Å²) in [4.78, 5) is 2.37. The second-order valence-electron chi connectivity index (χ2n) is 6.14. The number of piperidine rings is 1. The molecule has 0 radical (unpaired) electrons. The highest BCUT2D eigenvalue weighted by Gasteiger charge is 2.36. The minimum Gasteiger partial charge on any atom is -0.380 e. The average molecular weight is 251 g/mol. The van der Waals surface area contributed by atoms with Crippen molar-refractivity contribution in [3.05, 3.63) is 0 Å². The normalized spacial score (nSPS) is 32.8. The van der Waals surface area contributed by atoms with Gasteiger partial charge in [-0.3, -0.25) is 10.2 Å². The van der Waals surface area contributed by atoms with E-state index in [1.165, 1.54) is 12.8 Å². The number of likely N-dealkylation sites (tertiary alicyclic amines) is 1. The first-order chi connectivity index (χ1) is 8.56. The standard InChI is InChI=1S/C14H25N3O/c1-11-6-7-17(8-13(11)18-3)10-14(2,9-15)16-12-4-5-12/h11-13,16H,4-8,10H2,1-3H3. The van der Waals surface area contributed by atoms with Crippen molar-refractivity contribution in [2.24, 2.45) is 5.92 Å². The number of hydrogen-bond acceptors (Lipinski definition) is 4. The Morgan fingerprint density at radius 3 is 2.72 bits per heavy atom. The van der Waals surface area contributed by atoms with E-state index >= 15 is 0 Å². The van der Waals surface area contributed by atoms with E-state index in [2.05, 4.69) is 23.2 Å². The molecule has 0 bridgehead atoms. The minimum atomic E-state index is -0.417. The van der Waals surface area contributed by atoms with Gasteiger partial charge in [0.05, 0.1) is 12.2 Å². The van der Waals surface area contributed by atoms with Gasteiger partial charge in [0.25, 0.3) is 0 Å². The third kappa shape index (κ3) is 3.44. The Bertz CT molecular complexity index is 323. The molecule has 1 heterocycles. The lowest BCUT2D eigenvalue weighted by molar-refractivity contribution is -0.00959. The topological polar surface area (TPSA) is 48.3 Å². The van der Waals surface area contributed by atoms with Gasteiger partial charge in [0.15, 0.2) is 0 Å².